The number of ether oxygens (including phenoxy) is 1. The van der Waals surface area contributed by atoms with Gasteiger partial charge in [0.1, 0.15) is 0 Å². The second-order valence-corrected chi connectivity index (χ2v) is 6.09. The Morgan fingerprint density at radius 2 is 1.65 bits per heavy atom. The van der Waals surface area contributed by atoms with E-state index in [0.29, 0.717) is 22.3 Å². The Hall–Kier alpha value is -2.08. The van der Waals surface area contributed by atoms with E-state index in [-0.39, 0.29) is 43.7 Å². The largest absolute Gasteiger partial charge is 0.395 e. The van der Waals surface area contributed by atoms with Gasteiger partial charge in [-0.1, -0.05) is 0 Å². The van der Waals surface area contributed by atoms with Crippen LogP contribution in [0.25, 0.3) is 0 Å². The normalized spacial score (nSPS) is 18.1. The molecule has 0 fully saturated rings. The van der Waals surface area contributed by atoms with E-state index < -0.39 is 11.6 Å². The van der Waals surface area contributed by atoms with Crippen molar-refractivity contribution in [3.8, 4) is 0 Å². The van der Waals surface area contributed by atoms with Gasteiger partial charge in [-0.15, -0.1) is 0 Å². The van der Waals surface area contributed by atoms with Crippen LogP contribution in [-0.2, 0) is 23.9 Å². The van der Waals surface area contributed by atoms with E-state index in [9.17, 15) is 24.3 Å². The van der Waals surface area contributed by atoms with E-state index in [0.717, 1.165) is 0 Å². The van der Waals surface area contributed by atoms with Gasteiger partial charge in [0.2, 0.25) is 0 Å². The summed E-state index contributed by atoms with van der Waals surface area (Å²) < 4.78 is 4.16. The van der Waals surface area contributed by atoms with Crippen molar-refractivity contribution < 1.29 is 29.0 Å². The first-order valence-electron chi connectivity index (χ1n) is 7.43. The van der Waals surface area contributed by atoms with Crippen molar-refractivity contribution in [1.29, 1.82) is 0 Å². The molecule has 1 atom stereocenters. The summed E-state index contributed by atoms with van der Waals surface area (Å²) >= 11 is 0. The van der Waals surface area contributed by atoms with E-state index >= 15 is 0 Å². The maximum absolute atomic E-state index is 12.3. The van der Waals surface area contributed by atoms with Crippen LogP contribution in [-0.4, -0.2) is 34.7 Å². The van der Waals surface area contributed by atoms with Crippen molar-refractivity contribution in [2.45, 2.75) is 59.0 Å². The molecule has 6 nitrogen and oxygen atoms in total. The Morgan fingerprint density at radius 1 is 1.09 bits per heavy atom. The summed E-state index contributed by atoms with van der Waals surface area (Å²) in [7, 11) is 0. The number of allylic oxidation sites excluding steroid dienone is 4. The highest BCUT2D eigenvalue weighted by Gasteiger charge is 2.30. The molecular weight excluding hydrogens is 300 g/mol. The monoisotopic (exact) mass is 322 g/mol. The molecule has 1 rings (SSSR count). The van der Waals surface area contributed by atoms with Crippen LogP contribution >= 0.6 is 0 Å². The van der Waals surface area contributed by atoms with Gasteiger partial charge in [-0.2, -0.15) is 0 Å². The molecule has 126 valence electrons. The zero-order chi connectivity index (χ0) is 17.8. The molecule has 0 aromatic rings. The molecule has 1 aliphatic carbocycles. The third kappa shape index (κ3) is 4.69. The van der Waals surface area contributed by atoms with Gasteiger partial charge < -0.3 is 9.84 Å². The predicted octanol–water partition coefficient (Wildman–Crippen LogP) is 1.80. The van der Waals surface area contributed by atoms with Crippen LogP contribution in [0, 0.1) is 0 Å². The minimum absolute atomic E-state index is 0.0506. The van der Waals surface area contributed by atoms with Crippen molar-refractivity contribution in [3.05, 3.63) is 22.3 Å². The van der Waals surface area contributed by atoms with Gasteiger partial charge in [0.15, 0.2) is 11.6 Å². The van der Waals surface area contributed by atoms with Crippen molar-refractivity contribution in [3.63, 3.8) is 0 Å². The first-order chi connectivity index (χ1) is 10.6. The number of rotatable bonds is 7. The van der Waals surface area contributed by atoms with Gasteiger partial charge in [0.05, 0.1) is 5.60 Å². The van der Waals surface area contributed by atoms with Gasteiger partial charge in [-0.25, -0.2) is 0 Å². The molecule has 0 saturated carbocycles. The standard InChI is InChI=1S/C17H22O6/c1-10-11(2)16(21)13(12(3)15(10)20)5-7-17(4,22)8-6-14(19)23-9-18/h9,22H,5-8H2,1-4H3. The first kappa shape index (κ1) is 19.0. The van der Waals surface area contributed by atoms with Gasteiger partial charge in [0.25, 0.3) is 0 Å². The van der Waals surface area contributed by atoms with E-state index in [1.807, 2.05) is 0 Å². The van der Waals surface area contributed by atoms with Crippen LogP contribution in [0.4, 0.5) is 0 Å². The van der Waals surface area contributed by atoms with Crippen LogP contribution in [0.3, 0.4) is 0 Å². The highest BCUT2D eigenvalue weighted by Crippen LogP contribution is 2.30. The van der Waals surface area contributed by atoms with Crippen LogP contribution in [0.1, 0.15) is 53.4 Å². The molecule has 0 aromatic heterocycles. The molecule has 23 heavy (non-hydrogen) atoms. The van der Waals surface area contributed by atoms with Crippen LogP contribution in [0.5, 0.6) is 0 Å². The Kier molecular flexibility index (Phi) is 6.15. The highest BCUT2D eigenvalue weighted by atomic mass is 16.6. The zero-order valence-corrected chi connectivity index (χ0v) is 13.9. The molecule has 1 aliphatic rings. The third-order valence-corrected chi connectivity index (χ3v) is 4.27. The van der Waals surface area contributed by atoms with Gasteiger partial charge >= 0.3 is 12.4 Å². The summed E-state index contributed by atoms with van der Waals surface area (Å²) in [5.41, 5.74) is 0.510. The highest BCUT2D eigenvalue weighted by molar-refractivity contribution is 6.24. The zero-order valence-electron chi connectivity index (χ0n) is 13.9. The molecule has 0 radical (unpaired) electrons. The lowest BCUT2D eigenvalue weighted by Gasteiger charge is -2.25. The number of carbonyl (C=O) groups excluding carboxylic acids is 4. The van der Waals surface area contributed by atoms with Gasteiger partial charge in [-0.3, -0.25) is 19.2 Å². The average molecular weight is 322 g/mol. The fourth-order valence-corrected chi connectivity index (χ4v) is 2.46. The van der Waals surface area contributed by atoms with E-state index in [1.54, 1.807) is 27.7 Å². The molecule has 0 saturated heterocycles. The number of hydrogen-bond donors (Lipinski definition) is 1. The second kappa shape index (κ2) is 7.46. The lowest BCUT2D eigenvalue weighted by Crippen LogP contribution is -2.27. The van der Waals surface area contributed by atoms with E-state index in [2.05, 4.69) is 4.74 Å². The number of ketones is 2. The summed E-state index contributed by atoms with van der Waals surface area (Å²) in [5.74, 6) is -1.03. The Labute approximate surface area is 135 Å². The number of esters is 1. The molecule has 1 unspecified atom stereocenters. The van der Waals surface area contributed by atoms with Crippen molar-refractivity contribution in [2.75, 3.05) is 0 Å². The molecule has 6 heteroatoms. The second-order valence-electron chi connectivity index (χ2n) is 6.09. The lowest BCUT2D eigenvalue weighted by molar-refractivity contribution is -0.152. The third-order valence-electron chi connectivity index (χ3n) is 4.27. The number of Topliss-reactive ketones (excluding diaryl/α,β-unsaturated/α-hetero) is 2. The Morgan fingerprint density at radius 3 is 2.22 bits per heavy atom. The van der Waals surface area contributed by atoms with Gasteiger partial charge in [-0.05, 0) is 47.0 Å². The maximum Gasteiger partial charge on any atom is 0.313 e. The molecule has 0 bridgehead atoms. The fourth-order valence-electron chi connectivity index (χ4n) is 2.46. The minimum atomic E-state index is -1.21. The fraction of sp³-hybridized carbons (Fsp3) is 0.529. The maximum atomic E-state index is 12.3. The van der Waals surface area contributed by atoms with E-state index in [4.69, 9.17) is 0 Å². The number of carbonyl (C=O) groups is 4. The van der Waals surface area contributed by atoms with E-state index in [1.165, 1.54) is 0 Å². The van der Waals surface area contributed by atoms with Crippen molar-refractivity contribution in [2.24, 2.45) is 0 Å². The minimum Gasteiger partial charge on any atom is -0.395 e. The van der Waals surface area contributed by atoms with Crippen LogP contribution < -0.4 is 0 Å². The SMILES string of the molecule is CC1=C(C)C(=O)C(CCC(C)(O)CCC(=O)OC=O)=C(C)C1=O. The quantitative estimate of drug-likeness (QED) is 0.332. The smallest absolute Gasteiger partial charge is 0.313 e. The summed E-state index contributed by atoms with van der Waals surface area (Å²) in [6, 6.07) is 0. The number of aliphatic hydroxyl groups is 1. The summed E-state index contributed by atoms with van der Waals surface area (Å²) in [6.45, 7) is 6.46. The lowest BCUT2D eigenvalue weighted by atomic mass is 9.82. The van der Waals surface area contributed by atoms with Crippen molar-refractivity contribution >= 4 is 24.0 Å². The predicted molar refractivity (Wildman–Crippen MR) is 82.3 cm³/mol. The molecular formula is C17H22O6. The molecule has 0 spiro atoms. The molecule has 0 heterocycles. The first-order valence-corrected chi connectivity index (χ1v) is 7.43. The molecule has 1 N–H and O–H groups in total. The molecule has 0 aliphatic heterocycles. The van der Waals surface area contributed by atoms with Crippen molar-refractivity contribution in [1.82, 2.24) is 0 Å². The molecule has 0 aromatic carbocycles. The number of hydrogen-bond acceptors (Lipinski definition) is 6. The molecule has 0 amide bonds. The topological polar surface area (TPSA) is 97.7 Å². The summed E-state index contributed by atoms with van der Waals surface area (Å²) in [5, 5.41) is 10.3. The van der Waals surface area contributed by atoms with Crippen LogP contribution in [0.15, 0.2) is 22.3 Å². The summed E-state index contributed by atoms with van der Waals surface area (Å²) in [4.78, 5) is 45.6. The Balaban J connectivity index is 2.73. The van der Waals surface area contributed by atoms with Crippen LogP contribution in [0.2, 0.25) is 0 Å². The average Bonchev–Trinajstić information content (AvgIpc) is 2.49. The van der Waals surface area contributed by atoms with Gasteiger partial charge in [0, 0.05) is 28.7 Å². The summed E-state index contributed by atoms with van der Waals surface area (Å²) in [6.07, 6.45) is 0.465. The Bertz CT molecular complexity index is 607.